The molecule has 1 aromatic carbocycles. The molecule has 0 saturated heterocycles. The molecule has 0 saturated carbocycles. The highest BCUT2D eigenvalue weighted by atomic mass is 35.5. The van der Waals surface area contributed by atoms with Crippen LogP contribution >= 0.6 is 23.2 Å². The molecular formula is C16H9Cl2F3N4O2. The van der Waals surface area contributed by atoms with Crippen molar-refractivity contribution in [1.29, 1.82) is 0 Å². The first-order valence-electron chi connectivity index (χ1n) is 7.23. The zero-order chi connectivity index (χ0) is 19.8. The van der Waals surface area contributed by atoms with Crippen LogP contribution in [-0.2, 0) is 6.18 Å². The number of pyridine rings is 1. The Morgan fingerprint density at radius 1 is 1.15 bits per heavy atom. The van der Waals surface area contributed by atoms with Gasteiger partial charge in [-0.1, -0.05) is 23.2 Å². The highest BCUT2D eigenvalue weighted by Gasteiger charge is 2.35. The third kappa shape index (κ3) is 3.74. The van der Waals surface area contributed by atoms with Gasteiger partial charge in [0, 0.05) is 24.0 Å². The molecule has 0 atom stereocenters. The van der Waals surface area contributed by atoms with Gasteiger partial charge in [-0.3, -0.25) is 9.78 Å². The number of hydrogen-bond acceptors (Lipinski definition) is 5. The largest absolute Gasteiger partial charge is 0.494 e. The number of carbonyl (C=O) groups is 1. The smallest absolute Gasteiger partial charge is 0.451 e. The maximum Gasteiger partial charge on any atom is 0.451 e. The molecule has 0 aliphatic heterocycles. The van der Waals surface area contributed by atoms with Gasteiger partial charge in [0.1, 0.15) is 11.3 Å². The number of carbonyl (C=O) groups excluding carboxylic acids is 1. The van der Waals surface area contributed by atoms with Gasteiger partial charge in [0.15, 0.2) is 0 Å². The summed E-state index contributed by atoms with van der Waals surface area (Å²) in [4.78, 5) is 23.2. The Balaban J connectivity index is 2.10. The van der Waals surface area contributed by atoms with Crippen LogP contribution in [0.25, 0.3) is 10.9 Å². The summed E-state index contributed by atoms with van der Waals surface area (Å²) in [5, 5.41) is 2.78. The lowest BCUT2D eigenvalue weighted by molar-refractivity contribution is -0.144. The molecule has 0 aliphatic rings. The minimum Gasteiger partial charge on any atom is -0.494 e. The molecule has 1 N–H and O–H groups in total. The standard InChI is InChI=1S/C16H9Cl2F3N4O2/c1-27-11-3-2-7(8-4-23-15(16(19,20)21)25-12(8)11)14(26)24-13-9(17)5-22-6-10(13)18/h2-6H,1H3,(H,22,24,26). The second-order valence-corrected chi connectivity index (χ2v) is 6.02. The fourth-order valence-electron chi connectivity index (χ4n) is 2.31. The Bertz CT molecular complexity index is 1020. The van der Waals surface area contributed by atoms with Crippen molar-refractivity contribution >= 4 is 45.7 Å². The molecule has 0 spiro atoms. The first-order valence-corrected chi connectivity index (χ1v) is 7.99. The van der Waals surface area contributed by atoms with Crippen molar-refractivity contribution in [3.05, 3.63) is 52.2 Å². The highest BCUT2D eigenvalue weighted by molar-refractivity contribution is 6.39. The Hall–Kier alpha value is -2.65. The van der Waals surface area contributed by atoms with Crippen LogP contribution in [0.2, 0.25) is 10.0 Å². The van der Waals surface area contributed by atoms with E-state index in [0.29, 0.717) is 0 Å². The second-order valence-electron chi connectivity index (χ2n) is 5.20. The van der Waals surface area contributed by atoms with Gasteiger partial charge in [-0.05, 0) is 12.1 Å². The van der Waals surface area contributed by atoms with Gasteiger partial charge in [-0.15, -0.1) is 0 Å². The number of anilines is 1. The molecule has 140 valence electrons. The predicted octanol–water partition coefficient (Wildman–Crippen LogP) is 4.61. The molecule has 0 fully saturated rings. The molecule has 2 aromatic heterocycles. The van der Waals surface area contributed by atoms with Gasteiger partial charge in [-0.2, -0.15) is 13.2 Å². The molecule has 6 nitrogen and oxygen atoms in total. The van der Waals surface area contributed by atoms with Gasteiger partial charge in [0.25, 0.3) is 5.91 Å². The van der Waals surface area contributed by atoms with E-state index in [2.05, 4.69) is 20.3 Å². The summed E-state index contributed by atoms with van der Waals surface area (Å²) in [5.74, 6) is -1.94. The SMILES string of the molecule is COc1ccc(C(=O)Nc2c(Cl)cncc2Cl)c2cnc(C(F)(F)F)nc12. The molecular weight excluding hydrogens is 408 g/mol. The summed E-state index contributed by atoms with van der Waals surface area (Å²) in [6.07, 6.45) is -1.25. The average molecular weight is 417 g/mol. The fraction of sp³-hybridized carbons (Fsp3) is 0.125. The van der Waals surface area contributed by atoms with E-state index < -0.39 is 17.9 Å². The minimum atomic E-state index is -4.74. The number of ether oxygens (including phenoxy) is 1. The molecule has 27 heavy (non-hydrogen) atoms. The number of methoxy groups -OCH3 is 1. The summed E-state index contributed by atoms with van der Waals surface area (Å²) in [6.45, 7) is 0. The normalized spacial score (nSPS) is 11.5. The summed E-state index contributed by atoms with van der Waals surface area (Å²) < 4.78 is 43.8. The fourth-order valence-corrected chi connectivity index (χ4v) is 2.76. The number of aromatic nitrogens is 3. The van der Waals surface area contributed by atoms with E-state index in [1.54, 1.807) is 0 Å². The van der Waals surface area contributed by atoms with Crippen molar-refractivity contribution in [3.8, 4) is 5.75 Å². The summed E-state index contributed by atoms with van der Waals surface area (Å²) in [7, 11) is 1.28. The lowest BCUT2D eigenvalue weighted by Gasteiger charge is -2.13. The van der Waals surface area contributed by atoms with Gasteiger partial charge < -0.3 is 10.1 Å². The Labute approximate surface area is 160 Å². The number of halogens is 5. The molecule has 2 heterocycles. The minimum absolute atomic E-state index is 0.0171. The summed E-state index contributed by atoms with van der Waals surface area (Å²) >= 11 is 11.9. The lowest BCUT2D eigenvalue weighted by Crippen LogP contribution is -2.15. The Morgan fingerprint density at radius 2 is 1.81 bits per heavy atom. The van der Waals surface area contributed by atoms with Crippen LogP contribution in [0.3, 0.4) is 0 Å². The van der Waals surface area contributed by atoms with Crippen molar-refractivity contribution < 1.29 is 22.7 Å². The lowest BCUT2D eigenvalue weighted by atomic mass is 10.1. The zero-order valence-corrected chi connectivity index (χ0v) is 14.9. The number of nitrogens with zero attached hydrogens (tertiary/aromatic N) is 3. The van der Waals surface area contributed by atoms with Crippen molar-refractivity contribution in [2.24, 2.45) is 0 Å². The van der Waals surface area contributed by atoms with Crippen LogP contribution in [0.5, 0.6) is 5.75 Å². The Morgan fingerprint density at radius 3 is 2.41 bits per heavy atom. The molecule has 0 bridgehead atoms. The molecule has 0 aliphatic carbocycles. The predicted molar refractivity (Wildman–Crippen MR) is 93.3 cm³/mol. The topological polar surface area (TPSA) is 77.0 Å². The van der Waals surface area contributed by atoms with Crippen LogP contribution in [0.15, 0.2) is 30.7 Å². The molecule has 3 rings (SSSR count). The number of hydrogen-bond donors (Lipinski definition) is 1. The van der Waals surface area contributed by atoms with E-state index in [1.165, 1.54) is 31.6 Å². The van der Waals surface area contributed by atoms with E-state index in [-0.39, 0.29) is 37.9 Å². The van der Waals surface area contributed by atoms with Crippen LogP contribution in [-0.4, -0.2) is 28.0 Å². The first kappa shape index (κ1) is 19.1. The highest BCUT2D eigenvalue weighted by Crippen LogP contribution is 2.33. The molecule has 3 aromatic rings. The van der Waals surface area contributed by atoms with Gasteiger partial charge in [-0.25, -0.2) is 9.97 Å². The Kier molecular flexibility index (Phi) is 5.07. The third-order valence-corrected chi connectivity index (χ3v) is 4.10. The molecule has 1 amide bonds. The van der Waals surface area contributed by atoms with E-state index in [4.69, 9.17) is 27.9 Å². The van der Waals surface area contributed by atoms with Crippen molar-refractivity contribution in [3.63, 3.8) is 0 Å². The summed E-state index contributed by atoms with van der Waals surface area (Å²) in [5.41, 5.74) is -0.0157. The van der Waals surface area contributed by atoms with Gasteiger partial charge in [0.05, 0.1) is 28.4 Å². The number of rotatable bonds is 3. The molecule has 11 heteroatoms. The number of nitrogens with one attached hydrogen (secondary N) is 1. The van der Waals surface area contributed by atoms with Crippen LogP contribution < -0.4 is 10.1 Å². The van der Waals surface area contributed by atoms with Crippen LogP contribution in [0.4, 0.5) is 18.9 Å². The van der Waals surface area contributed by atoms with E-state index in [9.17, 15) is 18.0 Å². The molecule has 0 radical (unpaired) electrons. The zero-order valence-electron chi connectivity index (χ0n) is 13.4. The van der Waals surface area contributed by atoms with E-state index >= 15 is 0 Å². The number of amides is 1. The van der Waals surface area contributed by atoms with Crippen LogP contribution in [0.1, 0.15) is 16.2 Å². The number of alkyl halides is 3. The second kappa shape index (κ2) is 7.16. The van der Waals surface area contributed by atoms with Gasteiger partial charge in [0.2, 0.25) is 5.82 Å². The average Bonchev–Trinajstić information content (AvgIpc) is 2.62. The maximum absolute atomic E-state index is 12.9. The maximum atomic E-state index is 12.9. The molecule has 0 unspecified atom stereocenters. The van der Waals surface area contributed by atoms with Crippen molar-refractivity contribution in [2.45, 2.75) is 6.18 Å². The monoisotopic (exact) mass is 416 g/mol. The summed E-state index contributed by atoms with van der Waals surface area (Å²) in [6, 6.07) is 2.70. The first-order chi connectivity index (χ1) is 12.7. The third-order valence-electron chi connectivity index (χ3n) is 3.52. The van der Waals surface area contributed by atoms with Gasteiger partial charge >= 0.3 is 6.18 Å². The van der Waals surface area contributed by atoms with Crippen molar-refractivity contribution in [1.82, 2.24) is 15.0 Å². The quantitative estimate of drug-likeness (QED) is 0.674. The van der Waals surface area contributed by atoms with E-state index in [1.807, 2.05) is 0 Å². The van der Waals surface area contributed by atoms with Crippen LogP contribution in [0, 0.1) is 0 Å². The van der Waals surface area contributed by atoms with E-state index in [0.717, 1.165) is 6.20 Å². The van der Waals surface area contributed by atoms with Crippen molar-refractivity contribution in [2.75, 3.05) is 12.4 Å². The number of benzene rings is 1. The number of fused-ring (bicyclic) bond motifs is 1.